The topological polar surface area (TPSA) is 0 Å². The molecule has 1 fully saturated rings. The summed E-state index contributed by atoms with van der Waals surface area (Å²) in [5.74, 6) is 0. The summed E-state index contributed by atoms with van der Waals surface area (Å²) < 4.78 is 0. The first-order chi connectivity index (χ1) is 3.97. The molecule has 0 unspecified atom stereocenters. The molecule has 1 aliphatic heterocycles. The Hall–Kier alpha value is 0.625. The molecule has 0 aliphatic carbocycles. The van der Waals surface area contributed by atoms with Gasteiger partial charge in [0.2, 0.25) is 0 Å². The molecule has 0 aromatic heterocycles. The van der Waals surface area contributed by atoms with Gasteiger partial charge in [0.25, 0.3) is 0 Å². The Bertz CT molecular complexity index is 105. The molecule has 0 aromatic rings. The van der Waals surface area contributed by atoms with Crippen molar-refractivity contribution in [3.8, 4) is 0 Å². The normalized spacial score (nSPS) is 33.9. The standard InChI is InChI=1S/C5H13B3P/c1-9(2,3)4-6-8-7-5-9/h4-5H2,1-3H3. The Labute approximate surface area is 60.8 Å². The summed E-state index contributed by atoms with van der Waals surface area (Å²) in [5, 5.41) is 0. The second kappa shape index (κ2) is 2.05. The van der Waals surface area contributed by atoms with Crippen molar-refractivity contribution < 1.29 is 0 Å². The van der Waals surface area contributed by atoms with Crippen molar-refractivity contribution in [3.05, 3.63) is 0 Å². The molecule has 0 atom stereocenters. The molecule has 4 heteroatoms. The van der Waals surface area contributed by atoms with Gasteiger partial charge in [0, 0.05) is 0 Å². The van der Waals surface area contributed by atoms with E-state index in [1.165, 1.54) is 12.1 Å². The van der Waals surface area contributed by atoms with Crippen LogP contribution in [0.4, 0.5) is 0 Å². The maximum atomic E-state index is 2.45. The predicted octanol–water partition coefficient (Wildman–Crippen LogP) is 0.300. The first-order valence-corrected chi connectivity index (χ1v) is 7.41. The van der Waals surface area contributed by atoms with Crippen molar-refractivity contribution in [1.82, 2.24) is 0 Å². The van der Waals surface area contributed by atoms with E-state index in [2.05, 4.69) is 41.4 Å². The Morgan fingerprint density at radius 2 is 1.44 bits per heavy atom. The molecule has 1 saturated heterocycles. The van der Waals surface area contributed by atoms with E-state index in [-0.39, 0.29) is 0 Å². The van der Waals surface area contributed by atoms with Gasteiger partial charge in [-0.2, -0.15) is 0 Å². The van der Waals surface area contributed by atoms with E-state index in [0.717, 1.165) is 0 Å². The van der Waals surface area contributed by atoms with Gasteiger partial charge in [-0.05, 0) is 0 Å². The maximum absolute atomic E-state index is 2.45. The van der Waals surface area contributed by atoms with Crippen LogP contribution in [0.1, 0.15) is 0 Å². The first-order valence-electron chi connectivity index (χ1n) is 3.46. The van der Waals surface area contributed by atoms with Crippen LogP contribution in [0.5, 0.6) is 0 Å². The van der Waals surface area contributed by atoms with Crippen LogP contribution in [0.15, 0.2) is 0 Å². The molecule has 0 saturated carbocycles. The zero-order valence-electron chi connectivity index (χ0n) is 6.59. The van der Waals surface area contributed by atoms with Crippen molar-refractivity contribution in [2.24, 2.45) is 0 Å². The van der Waals surface area contributed by atoms with Gasteiger partial charge in [-0.3, -0.25) is 0 Å². The van der Waals surface area contributed by atoms with Crippen LogP contribution < -0.4 is 0 Å². The Balaban J connectivity index is 2.58. The van der Waals surface area contributed by atoms with E-state index in [0.29, 0.717) is 0 Å². The Morgan fingerprint density at radius 3 is 1.67 bits per heavy atom. The summed E-state index contributed by atoms with van der Waals surface area (Å²) in [5.41, 5.74) is 0. The van der Waals surface area contributed by atoms with Gasteiger partial charge in [-0.1, -0.05) is 0 Å². The fourth-order valence-electron chi connectivity index (χ4n) is 1.07. The average molecular weight is 137 g/mol. The predicted molar refractivity (Wildman–Crippen MR) is 51.7 cm³/mol. The quantitative estimate of drug-likeness (QED) is 0.332. The number of hydrogen-bond donors (Lipinski definition) is 0. The molecule has 0 spiro atoms. The van der Waals surface area contributed by atoms with Gasteiger partial charge in [0.1, 0.15) is 0 Å². The van der Waals surface area contributed by atoms with Crippen LogP contribution in [0.25, 0.3) is 0 Å². The zero-order valence-corrected chi connectivity index (χ0v) is 7.49. The Morgan fingerprint density at radius 1 is 1.00 bits per heavy atom. The zero-order chi connectivity index (χ0) is 6.98. The molecule has 0 N–H and O–H groups in total. The van der Waals surface area contributed by atoms with Crippen molar-refractivity contribution in [3.63, 3.8) is 0 Å². The molecular formula is C5H13B3P. The molecule has 3 radical (unpaired) electrons. The summed E-state index contributed by atoms with van der Waals surface area (Å²) in [7, 11) is 6.81. The summed E-state index contributed by atoms with van der Waals surface area (Å²) in [6.07, 6.45) is 0. The van der Waals surface area contributed by atoms with Crippen molar-refractivity contribution in [1.29, 1.82) is 0 Å². The number of rotatable bonds is 0. The molecule has 1 heterocycles. The first kappa shape index (κ1) is 7.73. The fourth-order valence-corrected chi connectivity index (χ4v) is 3.03. The van der Waals surface area contributed by atoms with Crippen LogP contribution in [-0.2, 0) is 0 Å². The van der Waals surface area contributed by atoms with Crippen molar-refractivity contribution >= 4 is 28.0 Å². The Kier molecular flexibility index (Phi) is 1.76. The van der Waals surface area contributed by atoms with Crippen LogP contribution in [0.3, 0.4) is 0 Å². The van der Waals surface area contributed by atoms with Gasteiger partial charge >= 0.3 is 60.1 Å². The molecule has 47 valence electrons. The van der Waals surface area contributed by atoms with Crippen LogP contribution in [0.2, 0.25) is 0 Å². The minimum absolute atomic E-state index is 1.19. The third-order valence-corrected chi connectivity index (χ3v) is 4.97. The van der Waals surface area contributed by atoms with E-state index < -0.39 is 6.60 Å². The molecule has 9 heavy (non-hydrogen) atoms. The fraction of sp³-hybridized carbons (Fsp3) is 1.00. The SMILES string of the molecule is CP1(C)(C)C[B][B][B]C1. The van der Waals surface area contributed by atoms with E-state index in [9.17, 15) is 0 Å². The van der Waals surface area contributed by atoms with Crippen LogP contribution in [0, 0.1) is 0 Å². The molecule has 0 nitrogen and oxygen atoms in total. The summed E-state index contributed by atoms with van der Waals surface area (Å²) in [4.78, 5) is 0. The number of hydrogen-bond acceptors (Lipinski definition) is 0. The van der Waals surface area contributed by atoms with Crippen LogP contribution in [-0.4, -0.2) is 53.5 Å². The third kappa shape index (κ3) is 2.37. The third-order valence-electron chi connectivity index (χ3n) is 1.84. The van der Waals surface area contributed by atoms with Crippen LogP contribution >= 0.6 is 6.60 Å². The molecule has 0 amide bonds. The monoisotopic (exact) mass is 137 g/mol. The van der Waals surface area contributed by atoms with E-state index in [1.54, 1.807) is 0 Å². The summed E-state index contributed by atoms with van der Waals surface area (Å²) in [6.45, 7) is 6.16. The minimum atomic E-state index is -1.19. The second-order valence-corrected chi connectivity index (χ2v) is 12.1. The molecular weight excluding hydrogens is 123 g/mol. The van der Waals surface area contributed by atoms with Crippen molar-refractivity contribution in [2.45, 2.75) is 0 Å². The van der Waals surface area contributed by atoms with Gasteiger partial charge in [0.05, 0.1) is 0 Å². The molecule has 0 aromatic carbocycles. The van der Waals surface area contributed by atoms with Crippen molar-refractivity contribution in [2.75, 3.05) is 32.1 Å². The van der Waals surface area contributed by atoms with E-state index in [4.69, 9.17) is 0 Å². The van der Waals surface area contributed by atoms with E-state index >= 15 is 0 Å². The van der Waals surface area contributed by atoms with Gasteiger partial charge in [-0.15, -0.1) is 0 Å². The second-order valence-electron chi connectivity index (χ2n) is 4.49. The molecule has 1 rings (SSSR count). The average Bonchev–Trinajstić information content (AvgIpc) is 1.62. The molecule has 1 aliphatic rings. The van der Waals surface area contributed by atoms with E-state index in [1.807, 2.05) is 0 Å². The van der Waals surface area contributed by atoms with Gasteiger partial charge in [-0.25, -0.2) is 0 Å². The summed E-state index contributed by atoms with van der Waals surface area (Å²) in [6, 6.07) is 2.67. The summed E-state index contributed by atoms with van der Waals surface area (Å²) >= 11 is 0. The molecule has 0 bridgehead atoms. The van der Waals surface area contributed by atoms with Gasteiger partial charge in [0.15, 0.2) is 0 Å². The van der Waals surface area contributed by atoms with Gasteiger partial charge < -0.3 is 0 Å².